The number of nitrogens with zero attached hydrogens (tertiary/aromatic N) is 2. The van der Waals surface area contributed by atoms with E-state index in [1.54, 1.807) is 18.5 Å². The van der Waals surface area contributed by atoms with E-state index < -0.39 is 0 Å². The number of benzene rings is 1. The minimum Gasteiger partial charge on any atom is -0.507 e. The van der Waals surface area contributed by atoms with Crippen LogP contribution in [-0.4, -0.2) is 40.5 Å². The average Bonchev–Trinajstić information content (AvgIpc) is 2.69. The number of hydrogen-bond donors (Lipinski definition) is 2. The monoisotopic (exact) mass is 337 g/mol. The van der Waals surface area contributed by atoms with E-state index in [9.17, 15) is 9.90 Å². The lowest BCUT2D eigenvalue weighted by Gasteiger charge is -2.37. The zero-order valence-electron chi connectivity index (χ0n) is 14.2. The Labute approximate surface area is 147 Å². The summed E-state index contributed by atoms with van der Waals surface area (Å²) in [4.78, 5) is 19.2. The number of hydrogen-bond acceptors (Lipinski definition) is 4. The van der Waals surface area contributed by atoms with Crippen LogP contribution in [0.1, 0.15) is 45.9 Å². The average molecular weight is 337 g/mol. The summed E-state index contributed by atoms with van der Waals surface area (Å²) in [6, 6.07) is 7.67. The van der Waals surface area contributed by atoms with E-state index in [1.807, 2.05) is 23.1 Å². The van der Waals surface area contributed by atoms with Gasteiger partial charge in [0.2, 0.25) is 0 Å². The maximum atomic E-state index is 13.2. The van der Waals surface area contributed by atoms with Gasteiger partial charge in [0, 0.05) is 32.0 Å². The summed E-state index contributed by atoms with van der Waals surface area (Å²) < 4.78 is 0. The van der Waals surface area contributed by atoms with Gasteiger partial charge in [-0.2, -0.15) is 0 Å². The van der Waals surface area contributed by atoms with Crippen molar-refractivity contribution in [2.45, 2.75) is 31.7 Å². The summed E-state index contributed by atoms with van der Waals surface area (Å²) in [6.45, 7) is 2.10. The first-order valence-corrected chi connectivity index (χ1v) is 9.01. The second-order valence-corrected chi connectivity index (χ2v) is 6.81. The molecule has 0 bridgehead atoms. The maximum Gasteiger partial charge on any atom is 0.258 e. The smallest absolute Gasteiger partial charge is 0.258 e. The van der Waals surface area contributed by atoms with Crippen LogP contribution in [0.4, 0.5) is 0 Å². The molecule has 1 aliphatic carbocycles. The van der Waals surface area contributed by atoms with E-state index in [1.165, 1.54) is 5.56 Å². The second kappa shape index (κ2) is 6.84. The Kier molecular flexibility index (Phi) is 4.40. The van der Waals surface area contributed by atoms with E-state index in [0.717, 1.165) is 43.4 Å². The third kappa shape index (κ3) is 3.00. The number of pyridine rings is 1. The largest absolute Gasteiger partial charge is 0.507 e. The van der Waals surface area contributed by atoms with Crippen LogP contribution < -0.4 is 5.32 Å². The van der Waals surface area contributed by atoms with Gasteiger partial charge in [0.25, 0.3) is 5.91 Å². The molecule has 1 saturated heterocycles. The fourth-order valence-electron chi connectivity index (χ4n) is 3.97. The Morgan fingerprint density at radius 2 is 1.96 bits per heavy atom. The Morgan fingerprint density at radius 3 is 2.80 bits per heavy atom. The standard InChI is InChI=1S/C20H23N3O2/c24-19-16-4-2-1-3-14(16)5-6-17(19)20(25)23-12-11-22-13-18(23)15-7-9-21-10-8-15/h5-10,18,22,24H,1-4,11-13H2. The highest BCUT2D eigenvalue weighted by atomic mass is 16.3. The molecule has 1 aromatic heterocycles. The van der Waals surface area contributed by atoms with Gasteiger partial charge in [-0.05, 0) is 60.6 Å². The molecule has 25 heavy (non-hydrogen) atoms. The number of carbonyl (C=O) groups excluding carboxylic acids is 1. The number of carbonyl (C=O) groups is 1. The summed E-state index contributed by atoms with van der Waals surface area (Å²) >= 11 is 0. The highest BCUT2D eigenvalue weighted by Crippen LogP contribution is 2.34. The molecule has 2 aliphatic rings. The summed E-state index contributed by atoms with van der Waals surface area (Å²) in [6.07, 6.45) is 7.58. The van der Waals surface area contributed by atoms with Gasteiger partial charge < -0.3 is 15.3 Å². The van der Waals surface area contributed by atoms with Crippen LogP contribution in [0, 0.1) is 0 Å². The topological polar surface area (TPSA) is 65.5 Å². The Hall–Kier alpha value is -2.40. The van der Waals surface area contributed by atoms with Crippen molar-refractivity contribution in [1.82, 2.24) is 15.2 Å². The number of fused-ring (bicyclic) bond motifs is 1. The number of aryl methyl sites for hydroxylation is 1. The van der Waals surface area contributed by atoms with Crippen molar-refractivity contribution in [3.63, 3.8) is 0 Å². The lowest BCUT2D eigenvalue weighted by molar-refractivity contribution is 0.0631. The third-order valence-electron chi connectivity index (χ3n) is 5.33. The summed E-state index contributed by atoms with van der Waals surface area (Å²) in [5.41, 5.74) is 3.65. The molecule has 2 aromatic rings. The molecule has 1 fully saturated rings. The van der Waals surface area contributed by atoms with Crippen LogP contribution in [0.15, 0.2) is 36.7 Å². The van der Waals surface area contributed by atoms with E-state index in [-0.39, 0.29) is 17.7 Å². The van der Waals surface area contributed by atoms with Crippen LogP contribution in [0.25, 0.3) is 0 Å². The van der Waals surface area contributed by atoms with Gasteiger partial charge in [-0.15, -0.1) is 0 Å². The zero-order valence-corrected chi connectivity index (χ0v) is 14.2. The normalized spacial score (nSPS) is 20.2. The molecule has 1 atom stereocenters. The van der Waals surface area contributed by atoms with Crippen molar-refractivity contribution < 1.29 is 9.90 Å². The molecule has 2 heterocycles. The van der Waals surface area contributed by atoms with Crippen LogP contribution in [0.5, 0.6) is 5.75 Å². The lowest BCUT2D eigenvalue weighted by Crippen LogP contribution is -2.48. The predicted octanol–water partition coefficient (Wildman–Crippen LogP) is 2.45. The number of nitrogens with one attached hydrogen (secondary N) is 1. The lowest BCUT2D eigenvalue weighted by atomic mass is 9.89. The Morgan fingerprint density at radius 1 is 1.16 bits per heavy atom. The number of aromatic nitrogens is 1. The van der Waals surface area contributed by atoms with E-state index in [2.05, 4.69) is 10.3 Å². The minimum absolute atomic E-state index is 0.0420. The van der Waals surface area contributed by atoms with Crippen LogP contribution in [0.3, 0.4) is 0 Å². The minimum atomic E-state index is -0.0887. The van der Waals surface area contributed by atoms with Gasteiger partial charge >= 0.3 is 0 Å². The number of phenols is 1. The van der Waals surface area contributed by atoms with Gasteiger partial charge in [-0.1, -0.05) is 6.07 Å². The fourth-order valence-corrected chi connectivity index (χ4v) is 3.97. The van der Waals surface area contributed by atoms with Crippen molar-refractivity contribution in [2.24, 2.45) is 0 Å². The van der Waals surface area contributed by atoms with E-state index in [0.29, 0.717) is 18.7 Å². The molecule has 0 spiro atoms. The molecule has 0 radical (unpaired) electrons. The molecule has 1 unspecified atom stereocenters. The van der Waals surface area contributed by atoms with Crippen molar-refractivity contribution in [1.29, 1.82) is 0 Å². The molecule has 4 rings (SSSR count). The van der Waals surface area contributed by atoms with Crippen LogP contribution in [-0.2, 0) is 12.8 Å². The van der Waals surface area contributed by atoms with Crippen molar-refractivity contribution in [3.05, 3.63) is 58.9 Å². The van der Waals surface area contributed by atoms with Gasteiger partial charge in [0.15, 0.2) is 0 Å². The third-order valence-corrected chi connectivity index (χ3v) is 5.33. The van der Waals surface area contributed by atoms with Crippen molar-refractivity contribution >= 4 is 5.91 Å². The number of aromatic hydroxyl groups is 1. The summed E-state index contributed by atoms with van der Waals surface area (Å²) in [5, 5.41) is 14.1. The summed E-state index contributed by atoms with van der Waals surface area (Å²) in [7, 11) is 0. The Bertz CT molecular complexity index is 776. The number of amides is 1. The number of piperazine rings is 1. The number of phenolic OH excluding ortho intramolecular Hbond substituents is 1. The molecule has 5 nitrogen and oxygen atoms in total. The highest BCUT2D eigenvalue weighted by Gasteiger charge is 2.31. The second-order valence-electron chi connectivity index (χ2n) is 6.81. The fraction of sp³-hybridized carbons (Fsp3) is 0.400. The molecular weight excluding hydrogens is 314 g/mol. The first-order valence-electron chi connectivity index (χ1n) is 9.01. The molecule has 1 amide bonds. The highest BCUT2D eigenvalue weighted by molar-refractivity contribution is 5.97. The van der Waals surface area contributed by atoms with Crippen molar-refractivity contribution in [2.75, 3.05) is 19.6 Å². The molecule has 0 saturated carbocycles. The molecule has 130 valence electrons. The van der Waals surface area contributed by atoms with Crippen LogP contribution in [0.2, 0.25) is 0 Å². The van der Waals surface area contributed by atoms with E-state index >= 15 is 0 Å². The zero-order chi connectivity index (χ0) is 17.2. The summed E-state index contributed by atoms with van der Waals surface area (Å²) in [5.74, 6) is 0.100. The van der Waals surface area contributed by atoms with E-state index in [4.69, 9.17) is 0 Å². The maximum absolute atomic E-state index is 13.2. The Balaban J connectivity index is 1.67. The van der Waals surface area contributed by atoms with Crippen LogP contribution >= 0.6 is 0 Å². The van der Waals surface area contributed by atoms with Gasteiger partial charge in [0.1, 0.15) is 5.75 Å². The molecule has 1 aromatic carbocycles. The molecular formula is C20H23N3O2. The molecule has 2 N–H and O–H groups in total. The quantitative estimate of drug-likeness (QED) is 0.883. The van der Waals surface area contributed by atoms with Gasteiger partial charge in [-0.3, -0.25) is 9.78 Å². The van der Waals surface area contributed by atoms with Gasteiger partial charge in [0.05, 0.1) is 11.6 Å². The SMILES string of the molecule is O=C(c1ccc2c(c1O)CCCC2)N1CCNCC1c1ccncc1. The molecule has 1 aliphatic heterocycles. The number of rotatable bonds is 2. The first kappa shape index (κ1) is 16.1. The first-order chi connectivity index (χ1) is 12.3. The molecule has 5 heteroatoms. The van der Waals surface area contributed by atoms with Crippen molar-refractivity contribution in [3.8, 4) is 5.75 Å². The van der Waals surface area contributed by atoms with Gasteiger partial charge in [-0.25, -0.2) is 0 Å². The predicted molar refractivity (Wildman–Crippen MR) is 95.6 cm³/mol.